The van der Waals surface area contributed by atoms with Gasteiger partial charge in [0, 0.05) is 9.86 Å². The van der Waals surface area contributed by atoms with Gasteiger partial charge in [-0.3, -0.25) is 0 Å². The number of fused-ring (bicyclic) bond motifs is 1. The predicted octanol–water partition coefficient (Wildman–Crippen LogP) is 3.71. The molecule has 0 bridgehead atoms. The first kappa shape index (κ1) is 13.8. The van der Waals surface area contributed by atoms with Crippen LogP contribution in [0.2, 0.25) is 0 Å². The predicted molar refractivity (Wildman–Crippen MR) is 80.1 cm³/mol. The molecule has 0 saturated carbocycles. The number of aromatic nitrogens is 2. The van der Waals surface area contributed by atoms with Crippen LogP contribution in [0.3, 0.4) is 0 Å². The van der Waals surface area contributed by atoms with Crippen LogP contribution in [0.4, 0.5) is 4.39 Å². The summed E-state index contributed by atoms with van der Waals surface area (Å²) in [5.74, 6) is -0.740. The largest absolute Gasteiger partial charge is 0.465 e. The smallest absolute Gasteiger partial charge is 0.337 e. The maximum atomic E-state index is 13.0. The quantitative estimate of drug-likeness (QED) is 0.663. The first-order valence-corrected chi connectivity index (χ1v) is 6.91. The van der Waals surface area contributed by atoms with Gasteiger partial charge in [-0.1, -0.05) is 15.9 Å². The van der Waals surface area contributed by atoms with Crippen molar-refractivity contribution in [3.8, 4) is 5.69 Å². The number of nitrogens with zero attached hydrogens (tertiary/aromatic N) is 2. The number of rotatable bonds is 2. The lowest BCUT2D eigenvalue weighted by Gasteiger charge is -2.06. The van der Waals surface area contributed by atoms with Gasteiger partial charge in [-0.15, -0.1) is 0 Å². The number of carbonyl (C=O) groups excluding carboxylic acids is 1. The summed E-state index contributed by atoms with van der Waals surface area (Å²) in [5.41, 5.74) is 1.86. The van der Waals surface area contributed by atoms with Crippen molar-refractivity contribution in [1.82, 2.24) is 9.78 Å². The Balaban J connectivity index is 2.22. The van der Waals surface area contributed by atoms with Gasteiger partial charge < -0.3 is 4.74 Å². The number of halogens is 2. The van der Waals surface area contributed by atoms with Gasteiger partial charge in [0.15, 0.2) is 0 Å². The lowest BCUT2D eigenvalue weighted by molar-refractivity contribution is 0.0601. The van der Waals surface area contributed by atoms with E-state index in [1.54, 1.807) is 35.1 Å². The van der Waals surface area contributed by atoms with E-state index >= 15 is 0 Å². The van der Waals surface area contributed by atoms with Gasteiger partial charge in [-0.2, -0.15) is 5.10 Å². The molecule has 0 fully saturated rings. The lowest BCUT2D eigenvalue weighted by atomic mass is 10.1. The van der Waals surface area contributed by atoms with E-state index in [1.807, 2.05) is 0 Å². The second kappa shape index (κ2) is 5.29. The second-order valence-corrected chi connectivity index (χ2v) is 5.27. The van der Waals surface area contributed by atoms with Crippen LogP contribution in [0.5, 0.6) is 0 Å². The van der Waals surface area contributed by atoms with E-state index in [2.05, 4.69) is 21.0 Å². The highest BCUT2D eigenvalue weighted by atomic mass is 79.9. The van der Waals surface area contributed by atoms with Gasteiger partial charge in [0.25, 0.3) is 0 Å². The molecule has 1 heterocycles. The van der Waals surface area contributed by atoms with Crippen LogP contribution < -0.4 is 0 Å². The maximum absolute atomic E-state index is 13.0. The number of methoxy groups -OCH3 is 1. The van der Waals surface area contributed by atoms with Gasteiger partial charge >= 0.3 is 5.97 Å². The molecule has 106 valence electrons. The zero-order valence-electron chi connectivity index (χ0n) is 11.0. The summed E-state index contributed by atoms with van der Waals surface area (Å²) in [7, 11) is 1.33. The van der Waals surface area contributed by atoms with E-state index in [1.165, 1.54) is 19.2 Å². The number of carbonyl (C=O) groups is 1. The van der Waals surface area contributed by atoms with Gasteiger partial charge in [-0.25, -0.2) is 13.9 Å². The lowest BCUT2D eigenvalue weighted by Crippen LogP contribution is -2.02. The molecule has 0 amide bonds. The Morgan fingerprint density at radius 1 is 1.29 bits per heavy atom. The molecular formula is C15H10BrFN2O2. The van der Waals surface area contributed by atoms with Crippen LogP contribution in [-0.4, -0.2) is 22.9 Å². The highest BCUT2D eigenvalue weighted by Gasteiger charge is 2.13. The third-order valence-corrected chi connectivity index (χ3v) is 3.79. The first-order valence-electron chi connectivity index (χ1n) is 6.11. The van der Waals surface area contributed by atoms with E-state index in [4.69, 9.17) is 4.74 Å². The summed E-state index contributed by atoms with van der Waals surface area (Å²) in [6, 6.07) is 9.36. The van der Waals surface area contributed by atoms with E-state index in [-0.39, 0.29) is 5.82 Å². The Morgan fingerprint density at radius 3 is 2.67 bits per heavy atom. The third-order valence-electron chi connectivity index (χ3n) is 3.13. The molecule has 3 rings (SSSR count). The Bertz CT molecular complexity index is 828. The molecule has 0 atom stereocenters. The van der Waals surface area contributed by atoms with Crippen molar-refractivity contribution in [2.45, 2.75) is 0 Å². The molecule has 0 aliphatic carbocycles. The summed E-state index contributed by atoms with van der Waals surface area (Å²) in [6.07, 6.45) is 1.68. The first-order chi connectivity index (χ1) is 10.1. The van der Waals surface area contributed by atoms with Crippen LogP contribution in [0.15, 0.2) is 47.1 Å². The standard InChI is InChI=1S/C15H10BrFN2O2/c1-21-15(20)9-6-13(16)12-8-18-19(14(12)7-9)11-4-2-10(17)3-5-11/h2-8H,1H3. The SMILES string of the molecule is COC(=O)c1cc(Br)c2cnn(-c3ccc(F)cc3)c2c1. The Morgan fingerprint density at radius 2 is 2.00 bits per heavy atom. The fraction of sp³-hybridized carbons (Fsp3) is 0.0667. The van der Waals surface area contributed by atoms with Crippen molar-refractivity contribution in [2.75, 3.05) is 7.11 Å². The highest BCUT2D eigenvalue weighted by Crippen LogP contribution is 2.28. The summed E-state index contributed by atoms with van der Waals surface area (Å²) >= 11 is 3.42. The summed E-state index contributed by atoms with van der Waals surface area (Å²) < 4.78 is 20.2. The van der Waals surface area contributed by atoms with Gasteiger partial charge in [0.2, 0.25) is 0 Å². The average molecular weight is 349 g/mol. The Labute approximate surface area is 128 Å². The molecule has 4 nitrogen and oxygen atoms in total. The van der Waals surface area contributed by atoms with E-state index in [0.29, 0.717) is 11.3 Å². The molecular weight excluding hydrogens is 339 g/mol. The minimum absolute atomic E-state index is 0.313. The van der Waals surface area contributed by atoms with Crippen molar-refractivity contribution in [3.63, 3.8) is 0 Å². The molecule has 6 heteroatoms. The fourth-order valence-corrected chi connectivity index (χ4v) is 2.66. The summed E-state index contributed by atoms with van der Waals surface area (Å²) in [4.78, 5) is 11.7. The topological polar surface area (TPSA) is 44.1 Å². The minimum Gasteiger partial charge on any atom is -0.465 e. The molecule has 1 aromatic heterocycles. The van der Waals surface area contributed by atoms with Gasteiger partial charge in [-0.05, 0) is 36.4 Å². The van der Waals surface area contributed by atoms with Crippen molar-refractivity contribution in [1.29, 1.82) is 0 Å². The molecule has 2 aromatic carbocycles. The van der Waals surface area contributed by atoms with Gasteiger partial charge in [0.05, 0.1) is 30.1 Å². The van der Waals surface area contributed by atoms with Crippen LogP contribution >= 0.6 is 15.9 Å². The molecule has 0 aliphatic rings. The highest BCUT2D eigenvalue weighted by molar-refractivity contribution is 9.10. The van der Waals surface area contributed by atoms with Crippen molar-refractivity contribution >= 4 is 32.8 Å². The Hall–Kier alpha value is -2.21. The summed E-state index contributed by atoms with van der Waals surface area (Å²) in [6.45, 7) is 0. The average Bonchev–Trinajstić information content (AvgIpc) is 2.91. The number of esters is 1. The molecule has 3 aromatic rings. The van der Waals surface area contributed by atoms with Gasteiger partial charge in [0.1, 0.15) is 5.82 Å². The molecule has 0 unspecified atom stereocenters. The molecule has 0 spiro atoms. The van der Waals surface area contributed by atoms with Crippen LogP contribution in [0.25, 0.3) is 16.6 Å². The number of hydrogen-bond acceptors (Lipinski definition) is 3. The van der Waals surface area contributed by atoms with Crippen LogP contribution in [0.1, 0.15) is 10.4 Å². The monoisotopic (exact) mass is 348 g/mol. The second-order valence-electron chi connectivity index (χ2n) is 4.42. The van der Waals surface area contributed by atoms with Crippen molar-refractivity contribution in [3.05, 3.63) is 58.4 Å². The molecule has 21 heavy (non-hydrogen) atoms. The van der Waals surface area contributed by atoms with E-state index in [0.717, 1.165) is 15.4 Å². The van der Waals surface area contributed by atoms with Crippen LogP contribution in [-0.2, 0) is 4.74 Å². The molecule has 0 aliphatic heterocycles. The molecule has 0 saturated heterocycles. The van der Waals surface area contributed by atoms with Crippen molar-refractivity contribution < 1.29 is 13.9 Å². The zero-order valence-corrected chi connectivity index (χ0v) is 12.6. The zero-order chi connectivity index (χ0) is 15.0. The third kappa shape index (κ3) is 2.42. The summed E-state index contributed by atoms with van der Waals surface area (Å²) in [5, 5.41) is 5.15. The fourth-order valence-electron chi connectivity index (χ4n) is 2.11. The normalized spacial score (nSPS) is 10.8. The number of ether oxygens (including phenoxy) is 1. The minimum atomic E-state index is -0.426. The number of benzene rings is 2. The Kier molecular flexibility index (Phi) is 3.47. The maximum Gasteiger partial charge on any atom is 0.337 e. The van der Waals surface area contributed by atoms with Crippen LogP contribution in [0, 0.1) is 5.82 Å². The van der Waals surface area contributed by atoms with Crippen molar-refractivity contribution in [2.24, 2.45) is 0 Å². The number of hydrogen-bond donors (Lipinski definition) is 0. The molecule has 0 N–H and O–H groups in total. The van der Waals surface area contributed by atoms with E-state index in [9.17, 15) is 9.18 Å². The molecule has 0 radical (unpaired) electrons. The van der Waals surface area contributed by atoms with E-state index < -0.39 is 5.97 Å².